The van der Waals surface area contributed by atoms with Crippen molar-refractivity contribution in [1.29, 1.82) is 0 Å². The van der Waals surface area contributed by atoms with Crippen LogP contribution in [0.25, 0.3) is 0 Å². The van der Waals surface area contributed by atoms with Gasteiger partial charge in [-0.3, -0.25) is 4.79 Å². The Morgan fingerprint density at radius 2 is 1.69 bits per heavy atom. The number of carbonyl (C=O) groups excluding carboxylic acids is 1. The van der Waals surface area contributed by atoms with Crippen LogP contribution < -0.4 is 19.6 Å². The van der Waals surface area contributed by atoms with Gasteiger partial charge in [-0.1, -0.05) is 13.8 Å². The fourth-order valence-corrected chi connectivity index (χ4v) is 3.82. The highest BCUT2D eigenvalue weighted by Crippen LogP contribution is 2.34. The summed E-state index contributed by atoms with van der Waals surface area (Å²) in [6.45, 7) is 5.29. The monoisotopic (exact) mass is 526 g/mol. The van der Waals surface area contributed by atoms with E-state index in [1.165, 1.54) is 7.11 Å². The van der Waals surface area contributed by atoms with E-state index >= 15 is 0 Å². The van der Waals surface area contributed by atoms with Crippen LogP contribution in [0.3, 0.4) is 0 Å². The third-order valence-electron chi connectivity index (χ3n) is 3.74. The van der Waals surface area contributed by atoms with E-state index in [4.69, 9.17) is 14.2 Å². The van der Waals surface area contributed by atoms with Gasteiger partial charge >= 0.3 is 0 Å². The van der Waals surface area contributed by atoms with Gasteiger partial charge in [0.1, 0.15) is 5.75 Å². The van der Waals surface area contributed by atoms with E-state index in [0.717, 1.165) is 33.1 Å². The molecule has 2 aromatic carbocycles. The van der Waals surface area contributed by atoms with Crippen molar-refractivity contribution < 1.29 is 19.0 Å². The Bertz CT molecular complexity index is 849. The number of ether oxygens (including phenoxy) is 3. The Kier molecular flexibility index (Phi) is 9.47. The number of methoxy groups -OCH3 is 1. The number of amides is 1. The van der Waals surface area contributed by atoms with E-state index in [-0.39, 0.29) is 5.91 Å². The van der Waals surface area contributed by atoms with Crippen LogP contribution in [0, 0.1) is 0 Å². The number of hydrazone groups is 1. The van der Waals surface area contributed by atoms with Gasteiger partial charge in [0.2, 0.25) is 0 Å². The first-order valence-electron chi connectivity index (χ1n) is 9.26. The largest absolute Gasteiger partial charge is 0.493 e. The van der Waals surface area contributed by atoms with E-state index in [1.807, 2.05) is 26.0 Å². The maximum absolute atomic E-state index is 12.4. The van der Waals surface area contributed by atoms with Crippen LogP contribution in [0.1, 0.15) is 42.6 Å². The van der Waals surface area contributed by atoms with Gasteiger partial charge in [-0.05, 0) is 80.6 Å². The molecular weight excluding hydrogens is 504 g/mol. The fraction of sp³-hybridized carbons (Fsp3) is 0.333. The lowest BCUT2D eigenvalue weighted by Crippen LogP contribution is -2.17. The van der Waals surface area contributed by atoms with Crippen molar-refractivity contribution >= 4 is 44.0 Å². The van der Waals surface area contributed by atoms with Gasteiger partial charge in [-0.15, -0.1) is 0 Å². The molecule has 0 heterocycles. The highest BCUT2D eigenvalue weighted by Gasteiger charge is 2.11. The van der Waals surface area contributed by atoms with Crippen LogP contribution in [-0.4, -0.2) is 32.4 Å². The quantitative estimate of drug-likeness (QED) is 0.324. The molecule has 156 valence electrons. The molecule has 0 radical (unpaired) electrons. The molecule has 29 heavy (non-hydrogen) atoms. The van der Waals surface area contributed by atoms with Gasteiger partial charge < -0.3 is 14.2 Å². The SMILES string of the molecule is CCCOc1ccc(C(=O)N/N=C/c2cc(Br)c(OCCC)c(Br)c2)cc1OC. The van der Waals surface area contributed by atoms with E-state index < -0.39 is 0 Å². The zero-order chi connectivity index (χ0) is 21.2. The molecule has 6 nitrogen and oxygen atoms in total. The van der Waals surface area contributed by atoms with Gasteiger partial charge in [-0.25, -0.2) is 5.43 Å². The second-order valence-electron chi connectivity index (χ2n) is 6.08. The molecule has 0 bridgehead atoms. The molecule has 1 amide bonds. The molecule has 8 heteroatoms. The molecule has 0 aliphatic rings. The molecule has 2 rings (SSSR count). The predicted molar refractivity (Wildman–Crippen MR) is 121 cm³/mol. The van der Waals surface area contributed by atoms with Gasteiger partial charge in [0.15, 0.2) is 11.5 Å². The molecule has 0 saturated carbocycles. The topological polar surface area (TPSA) is 69.2 Å². The van der Waals surface area contributed by atoms with Crippen LogP contribution in [0.15, 0.2) is 44.4 Å². The summed E-state index contributed by atoms with van der Waals surface area (Å²) in [6, 6.07) is 8.76. The summed E-state index contributed by atoms with van der Waals surface area (Å²) >= 11 is 6.99. The van der Waals surface area contributed by atoms with Crippen molar-refractivity contribution in [2.45, 2.75) is 26.7 Å². The lowest BCUT2D eigenvalue weighted by atomic mass is 10.2. The second-order valence-corrected chi connectivity index (χ2v) is 7.78. The molecule has 2 aromatic rings. The lowest BCUT2D eigenvalue weighted by molar-refractivity contribution is 0.0954. The van der Waals surface area contributed by atoms with Crippen molar-refractivity contribution in [3.05, 3.63) is 50.4 Å². The fourth-order valence-electron chi connectivity index (χ4n) is 2.37. The van der Waals surface area contributed by atoms with E-state index in [9.17, 15) is 4.79 Å². The standard InChI is InChI=1S/C21H24Br2N2O4/c1-4-8-28-18-7-6-15(12-19(18)27-3)21(26)25-24-13-14-10-16(22)20(17(23)11-14)29-9-5-2/h6-7,10-13H,4-5,8-9H2,1-3H3,(H,25,26)/b24-13+. The summed E-state index contributed by atoms with van der Waals surface area (Å²) in [4.78, 5) is 12.4. The zero-order valence-corrected chi connectivity index (χ0v) is 19.8. The number of carbonyl (C=O) groups is 1. The number of hydrogen-bond acceptors (Lipinski definition) is 5. The average molecular weight is 528 g/mol. The van der Waals surface area contributed by atoms with Crippen LogP contribution in [-0.2, 0) is 0 Å². The van der Waals surface area contributed by atoms with Gasteiger partial charge in [-0.2, -0.15) is 5.10 Å². The molecule has 0 aliphatic heterocycles. The molecule has 0 fully saturated rings. The molecule has 0 aromatic heterocycles. The summed E-state index contributed by atoms with van der Waals surface area (Å²) in [5.41, 5.74) is 3.75. The summed E-state index contributed by atoms with van der Waals surface area (Å²) in [7, 11) is 1.54. The van der Waals surface area contributed by atoms with Crippen molar-refractivity contribution in [3.63, 3.8) is 0 Å². The number of rotatable bonds is 10. The minimum Gasteiger partial charge on any atom is -0.493 e. The first-order chi connectivity index (χ1) is 14.0. The highest BCUT2D eigenvalue weighted by molar-refractivity contribution is 9.11. The smallest absolute Gasteiger partial charge is 0.271 e. The van der Waals surface area contributed by atoms with Crippen molar-refractivity contribution in [2.24, 2.45) is 5.10 Å². The predicted octanol–water partition coefficient (Wildman–Crippen LogP) is 5.56. The summed E-state index contributed by atoms with van der Waals surface area (Å²) < 4.78 is 18.2. The average Bonchev–Trinajstić information content (AvgIpc) is 2.71. The van der Waals surface area contributed by atoms with E-state index in [2.05, 4.69) is 42.4 Å². The maximum Gasteiger partial charge on any atom is 0.271 e. The number of nitrogens with one attached hydrogen (secondary N) is 1. The Hall–Kier alpha value is -2.06. The van der Waals surface area contributed by atoms with E-state index in [0.29, 0.717) is 30.3 Å². The van der Waals surface area contributed by atoms with Crippen molar-refractivity contribution in [3.8, 4) is 17.2 Å². The van der Waals surface area contributed by atoms with Crippen LogP contribution in [0.2, 0.25) is 0 Å². The Balaban J connectivity index is 2.05. The van der Waals surface area contributed by atoms with Crippen LogP contribution in [0.5, 0.6) is 17.2 Å². The van der Waals surface area contributed by atoms with Gasteiger partial charge in [0.05, 0.1) is 35.5 Å². The van der Waals surface area contributed by atoms with Gasteiger partial charge in [0, 0.05) is 5.56 Å². The lowest BCUT2D eigenvalue weighted by Gasteiger charge is -2.11. The van der Waals surface area contributed by atoms with Crippen molar-refractivity contribution in [2.75, 3.05) is 20.3 Å². The number of hydrogen-bond donors (Lipinski definition) is 1. The van der Waals surface area contributed by atoms with Gasteiger partial charge in [0.25, 0.3) is 5.91 Å². The van der Waals surface area contributed by atoms with Crippen LogP contribution in [0.4, 0.5) is 0 Å². The number of halogens is 2. The summed E-state index contributed by atoms with van der Waals surface area (Å²) in [5.74, 6) is 1.51. The Morgan fingerprint density at radius 1 is 1.03 bits per heavy atom. The minimum absolute atomic E-state index is 0.345. The van der Waals surface area contributed by atoms with Crippen molar-refractivity contribution in [1.82, 2.24) is 5.43 Å². The molecular formula is C21H24Br2N2O4. The summed E-state index contributed by atoms with van der Waals surface area (Å²) in [5, 5.41) is 4.04. The third-order valence-corrected chi connectivity index (χ3v) is 4.92. The van der Waals surface area contributed by atoms with E-state index in [1.54, 1.807) is 24.4 Å². The molecule has 1 N–H and O–H groups in total. The minimum atomic E-state index is -0.345. The maximum atomic E-state index is 12.4. The summed E-state index contributed by atoms with van der Waals surface area (Å²) in [6.07, 6.45) is 3.37. The highest BCUT2D eigenvalue weighted by atomic mass is 79.9. The second kappa shape index (κ2) is 11.8. The Morgan fingerprint density at radius 3 is 2.31 bits per heavy atom. The Labute approximate surface area is 187 Å². The zero-order valence-electron chi connectivity index (χ0n) is 16.6. The third kappa shape index (κ3) is 6.75. The normalized spacial score (nSPS) is 10.8. The molecule has 0 spiro atoms. The molecule has 0 saturated heterocycles. The molecule has 0 unspecified atom stereocenters. The first-order valence-corrected chi connectivity index (χ1v) is 10.8. The first kappa shape index (κ1) is 23.2. The number of nitrogens with zero attached hydrogens (tertiary/aromatic N) is 1. The number of benzene rings is 2. The van der Waals surface area contributed by atoms with Crippen LogP contribution >= 0.6 is 31.9 Å². The molecule has 0 atom stereocenters. The molecule has 0 aliphatic carbocycles.